The van der Waals surface area contributed by atoms with Gasteiger partial charge < -0.3 is 0 Å². The summed E-state index contributed by atoms with van der Waals surface area (Å²) < 4.78 is 14.3. The molecule has 0 saturated carbocycles. The first-order valence-electron chi connectivity index (χ1n) is 6.08. The molecule has 0 atom stereocenters. The molecule has 0 spiro atoms. The van der Waals surface area contributed by atoms with Crippen LogP contribution in [0.25, 0.3) is 0 Å². The maximum atomic E-state index is 12.8. The predicted molar refractivity (Wildman–Crippen MR) is 69.1 cm³/mol. The number of H-pyrrole nitrogens is 1. The van der Waals surface area contributed by atoms with Crippen molar-refractivity contribution in [3.05, 3.63) is 57.8 Å². The molecule has 1 heterocycles. The van der Waals surface area contributed by atoms with Crippen molar-refractivity contribution in [3.63, 3.8) is 0 Å². The Morgan fingerprint density at radius 3 is 2.56 bits per heavy atom. The second-order valence-corrected chi connectivity index (χ2v) is 4.93. The quantitative estimate of drug-likeness (QED) is 0.887. The Kier molecular flexibility index (Phi) is 3.65. The SMILES string of the molecule is CC(C)Cc1cc(=O)n(Cc2ccc(F)cc2)[nH]1. The zero-order valence-corrected chi connectivity index (χ0v) is 10.6. The molecule has 1 N–H and O–H groups in total. The number of aromatic amines is 1. The largest absolute Gasteiger partial charge is 0.299 e. The van der Waals surface area contributed by atoms with Gasteiger partial charge in [-0.05, 0) is 30.0 Å². The van der Waals surface area contributed by atoms with Gasteiger partial charge in [0.25, 0.3) is 5.56 Å². The van der Waals surface area contributed by atoms with Gasteiger partial charge in [0.2, 0.25) is 0 Å². The topological polar surface area (TPSA) is 37.8 Å². The number of aromatic nitrogens is 2. The number of rotatable bonds is 4. The van der Waals surface area contributed by atoms with Crippen LogP contribution in [0.15, 0.2) is 35.1 Å². The van der Waals surface area contributed by atoms with Crippen LogP contribution in [0, 0.1) is 11.7 Å². The van der Waals surface area contributed by atoms with E-state index in [2.05, 4.69) is 18.9 Å². The van der Waals surface area contributed by atoms with E-state index in [0.717, 1.165) is 17.7 Å². The normalized spacial score (nSPS) is 11.1. The Bertz CT molecular complexity index is 566. The number of nitrogens with one attached hydrogen (secondary N) is 1. The molecule has 1 aromatic carbocycles. The van der Waals surface area contributed by atoms with Gasteiger partial charge in [0, 0.05) is 11.8 Å². The van der Waals surface area contributed by atoms with E-state index in [1.54, 1.807) is 22.9 Å². The minimum atomic E-state index is -0.266. The van der Waals surface area contributed by atoms with Gasteiger partial charge in [-0.15, -0.1) is 0 Å². The van der Waals surface area contributed by atoms with E-state index in [1.807, 2.05) is 0 Å². The maximum Gasteiger partial charge on any atom is 0.267 e. The lowest BCUT2D eigenvalue weighted by atomic mass is 10.1. The molecule has 1 aromatic heterocycles. The van der Waals surface area contributed by atoms with Crippen LogP contribution in [0.2, 0.25) is 0 Å². The van der Waals surface area contributed by atoms with Gasteiger partial charge in [0.15, 0.2) is 0 Å². The van der Waals surface area contributed by atoms with Crippen LogP contribution in [0.3, 0.4) is 0 Å². The van der Waals surface area contributed by atoms with Crippen molar-refractivity contribution >= 4 is 0 Å². The second-order valence-electron chi connectivity index (χ2n) is 4.93. The minimum absolute atomic E-state index is 0.0463. The van der Waals surface area contributed by atoms with Crippen LogP contribution in [0.4, 0.5) is 4.39 Å². The zero-order valence-electron chi connectivity index (χ0n) is 10.6. The van der Waals surface area contributed by atoms with E-state index in [9.17, 15) is 9.18 Å². The third-order valence-electron chi connectivity index (χ3n) is 2.72. The van der Waals surface area contributed by atoms with Crippen LogP contribution in [0.1, 0.15) is 25.1 Å². The molecule has 0 unspecified atom stereocenters. The van der Waals surface area contributed by atoms with Crippen molar-refractivity contribution in [1.29, 1.82) is 0 Å². The third-order valence-corrected chi connectivity index (χ3v) is 2.72. The van der Waals surface area contributed by atoms with Crippen LogP contribution in [-0.2, 0) is 13.0 Å². The van der Waals surface area contributed by atoms with E-state index < -0.39 is 0 Å². The monoisotopic (exact) mass is 248 g/mol. The van der Waals surface area contributed by atoms with Crippen molar-refractivity contribution in [2.24, 2.45) is 5.92 Å². The summed E-state index contributed by atoms with van der Waals surface area (Å²) in [5.74, 6) is 0.236. The first-order chi connectivity index (χ1) is 8.54. The van der Waals surface area contributed by atoms with Crippen molar-refractivity contribution in [2.75, 3.05) is 0 Å². The molecule has 0 fully saturated rings. The highest BCUT2D eigenvalue weighted by Gasteiger charge is 2.05. The molecule has 0 amide bonds. The first kappa shape index (κ1) is 12.6. The highest BCUT2D eigenvalue weighted by molar-refractivity contribution is 5.16. The van der Waals surface area contributed by atoms with Gasteiger partial charge in [-0.25, -0.2) is 9.07 Å². The summed E-state index contributed by atoms with van der Waals surface area (Å²) >= 11 is 0. The average molecular weight is 248 g/mol. The fourth-order valence-electron chi connectivity index (χ4n) is 1.92. The van der Waals surface area contributed by atoms with Crippen molar-refractivity contribution in [1.82, 2.24) is 9.78 Å². The predicted octanol–water partition coefficient (Wildman–Crippen LogP) is 2.56. The van der Waals surface area contributed by atoms with E-state index in [1.165, 1.54) is 12.1 Å². The molecule has 96 valence electrons. The summed E-state index contributed by atoms with van der Waals surface area (Å²) in [6.45, 7) is 4.66. The van der Waals surface area contributed by atoms with Crippen LogP contribution in [-0.4, -0.2) is 9.78 Å². The first-order valence-corrected chi connectivity index (χ1v) is 6.08. The summed E-state index contributed by atoms with van der Waals surface area (Å²) in [6.07, 6.45) is 0.853. The van der Waals surface area contributed by atoms with E-state index in [-0.39, 0.29) is 11.4 Å². The van der Waals surface area contributed by atoms with Crippen molar-refractivity contribution < 1.29 is 4.39 Å². The molecular formula is C14H17FN2O. The fourth-order valence-corrected chi connectivity index (χ4v) is 1.92. The maximum absolute atomic E-state index is 12.8. The van der Waals surface area contributed by atoms with Gasteiger partial charge in [0.05, 0.1) is 6.54 Å². The van der Waals surface area contributed by atoms with Gasteiger partial charge in [-0.3, -0.25) is 9.89 Å². The van der Waals surface area contributed by atoms with Crippen molar-refractivity contribution in [3.8, 4) is 0 Å². The Labute approximate surface area is 105 Å². The molecule has 0 radical (unpaired) electrons. The highest BCUT2D eigenvalue weighted by atomic mass is 19.1. The van der Waals surface area contributed by atoms with E-state index in [4.69, 9.17) is 0 Å². The minimum Gasteiger partial charge on any atom is -0.299 e. The molecule has 2 aromatic rings. The molecule has 0 aliphatic rings. The van der Waals surface area contributed by atoms with Crippen LogP contribution in [0.5, 0.6) is 0 Å². The smallest absolute Gasteiger partial charge is 0.267 e. The molecule has 2 rings (SSSR count). The summed E-state index contributed by atoms with van der Waals surface area (Å²) in [7, 11) is 0. The Hall–Kier alpha value is -1.84. The number of nitrogens with zero attached hydrogens (tertiary/aromatic N) is 1. The molecule has 4 heteroatoms. The molecule has 18 heavy (non-hydrogen) atoms. The highest BCUT2D eigenvalue weighted by Crippen LogP contribution is 2.06. The average Bonchev–Trinajstić information content (AvgIpc) is 2.61. The van der Waals surface area contributed by atoms with Gasteiger partial charge in [0.1, 0.15) is 5.82 Å². The number of hydrogen-bond donors (Lipinski definition) is 1. The molecule has 0 aliphatic heterocycles. The number of benzene rings is 1. The summed E-state index contributed by atoms with van der Waals surface area (Å²) in [5, 5.41) is 3.09. The van der Waals surface area contributed by atoms with Gasteiger partial charge >= 0.3 is 0 Å². The molecular weight excluding hydrogens is 231 g/mol. The standard InChI is InChI=1S/C14H17FN2O/c1-10(2)7-13-8-14(18)17(16-13)9-11-3-5-12(15)6-4-11/h3-6,8,10,16H,7,9H2,1-2H3. The Balaban J connectivity index is 2.16. The van der Waals surface area contributed by atoms with Crippen LogP contribution < -0.4 is 5.56 Å². The summed E-state index contributed by atoms with van der Waals surface area (Å²) in [6, 6.07) is 7.80. The lowest BCUT2D eigenvalue weighted by Crippen LogP contribution is -2.16. The zero-order chi connectivity index (χ0) is 13.1. The molecule has 3 nitrogen and oxygen atoms in total. The second kappa shape index (κ2) is 5.21. The van der Waals surface area contributed by atoms with Gasteiger partial charge in [-0.2, -0.15) is 0 Å². The van der Waals surface area contributed by atoms with Crippen molar-refractivity contribution in [2.45, 2.75) is 26.8 Å². The Morgan fingerprint density at radius 1 is 1.28 bits per heavy atom. The van der Waals surface area contributed by atoms with E-state index >= 15 is 0 Å². The fraction of sp³-hybridized carbons (Fsp3) is 0.357. The third kappa shape index (κ3) is 3.09. The summed E-state index contributed by atoms with van der Waals surface area (Å²) in [4.78, 5) is 11.8. The number of halogens is 1. The summed E-state index contributed by atoms with van der Waals surface area (Å²) in [5.41, 5.74) is 1.79. The van der Waals surface area contributed by atoms with Gasteiger partial charge in [-0.1, -0.05) is 26.0 Å². The lowest BCUT2D eigenvalue weighted by Gasteiger charge is -2.04. The lowest BCUT2D eigenvalue weighted by molar-refractivity contribution is 0.600. The van der Waals surface area contributed by atoms with E-state index in [0.29, 0.717) is 12.5 Å². The Morgan fingerprint density at radius 2 is 1.94 bits per heavy atom. The molecule has 0 aliphatic carbocycles. The number of hydrogen-bond acceptors (Lipinski definition) is 1. The molecule has 0 saturated heterocycles. The van der Waals surface area contributed by atoms with Crippen LogP contribution >= 0.6 is 0 Å². The molecule has 0 bridgehead atoms.